The molecule has 1 aliphatic carbocycles. The lowest BCUT2D eigenvalue weighted by molar-refractivity contribution is -0.209. The van der Waals surface area contributed by atoms with Crippen LogP contribution in [0.2, 0.25) is 0 Å². The first-order chi connectivity index (χ1) is 8.62. The quantitative estimate of drug-likeness (QED) is 0.742. The average Bonchev–Trinajstić information content (AvgIpc) is 2.39. The highest BCUT2D eigenvalue weighted by Crippen LogP contribution is 2.50. The minimum atomic E-state index is -0.226. The Hall–Kier alpha value is -0.650. The summed E-state index contributed by atoms with van der Waals surface area (Å²) in [4.78, 5) is 13.5. The summed E-state index contributed by atoms with van der Waals surface area (Å²) in [6, 6.07) is 0. The topological polar surface area (TPSA) is 61.8 Å². The number of amides is 1. The van der Waals surface area contributed by atoms with Crippen molar-refractivity contribution < 1.29 is 14.6 Å². The van der Waals surface area contributed by atoms with Gasteiger partial charge in [-0.1, -0.05) is 0 Å². The fourth-order valence-corrected chi connectivity index (χ4v) is 3.23. The van der Waals surface area contributed by atoms with E-state index in [1.165, 1.54) is 0 Å². The third-order valence-corrected chi connectivity index (χ3v) is 4.54. The van der Waals surface area contributed by atoms with Crippen molar-refractivity contribution in [2.24, 2.45) is 5.41 Å². The number of hydrogen-bond donors (Lipinski definition) is 2. The van der Waals surface area contributed by atoms with Crippen molar-refractivity contribution in [1.29, 1.82) is 0 Å². The molecule has 0 bridgehead atoms. The lowest BCUT2D eigenvalue weighted by Crippen LogP contribution is -2.62. The van der Waals surface area contributed by atoms with Crippen LogP contribution in [-0.4, -0.2) is 61.4 Å². The fourth-order valence-electron chi connectivity index (χ4n) is 3.23. The van der Waals surface area contributed by atoms with Gasteiger partial charge in [0.25, 0.3) is 0 Å². The van der Waals surface area contributed by atoms with Gasteiger partial charge in [0.1, 0.15) is 0 Å². The minimum absolute atomic E-state index is 0.0464. The van der Waals surface area contributed by atoms with Gasteiger partial charge in [-0.05, 0) is 32.9 Å². The highest BCUT2D eigenvalue weighted by atomic mass is 16.5. The SMILES string of the molecule is CCOC1CC(O)C12CCN(CC(=O)NC)CC2. The Balaban J connectivity index is 1.86. The van der Waals surface area contributed by atoms with Crippen LogP contribution in [0, 0.1) is 5.41 Å². The van der Waals surface area contributed by atoms with Crippen molar-refractivity contribution in [2.75, 3.05) is 33.3 Å². The number of hydrogen-bond acceptors (Lipinski definition) is 4. The molecule has 1 saturated heterocycles. The van der Waals surface area contributed by atoms with Crippen LogP contribution in [0.1, 0.15) is 26.2 Å². The molecule has 1 saturated carbocycles. The zero-order valence-corrected chi connectivity index (χ0v) is 11.3. The molecule has 2 fully saturated rings. The Morgan fingerprint density at radius 2 is 2.17 bits per heavy atom. The number of nitrogens with one attached hydrogen (secondary N) is 1. The van der Waals surface area contributed by atoms with Crippen LogP contribution in [0.4, 0.5) is 0 Å². The summed E-state index contributed by atoms with van der Waals surface area (Å²) in [6.45, 7) is 4.91. The lowest BCUT2D eigenvalue weighted by Gasteiger charge is -2.56. The maximum atomic E-state index is 11.3. The second-order valence-electron chi connectivity index (χ2n) is 5.38. The van der Waals surface area contributed by atoms with E-state index in [9.17, 15) is 9.90 Å². The van der Waals surface area contributed by atoms with Gasteiger partial charge in [0.05, 0.1) is 18.8 Å². The molecule has 1 spiro atoms. The van der Waals surface area contributed by atoms with E-state index in [4.69, 9.17) is 4.74 Å². The standard InChI is InChI=1S/C13H24N2O3/c1-3-18-11-8-10(16)13(11)4-6-15(7-5-13)9-12(17)14-2/h10-11,16H,3-9H2,1-2H3,(H,14,17). The number of nitrogens with zero attached hydrogens (tertiary/aromatic N) is 1. The van der Waals surface area contributed by atoms with E-state index in [1.54, 1.807) is 7.05 Å². The van der Waals surface area contributed by atoms with E-state index in [2.05, 4.69) is 10.2 Å². The lowest BCUT2D eigenvalue weighted by atomic mass is 9.58. The summed E-state index contributed by atoms with van der Waals surface area (Å²) in [5.74, 6) is 0.0569. The van der Waals surface area contributed by atoms with Gasteiger partial charge in [0.15, 0.2) is 0 Å². The van der Waals surface area contributed by atoms with Crippen molar-refractivity contribution in [3.05, 3.63) is 0 Å². The maximum absolute atomic E-state index is 11.3. The maximum Gasteiger partial charge on any atom is 0.233 e. The second kappa shape index (κ2) is 5.55. The molecule has 2 N–H and O–H groups in total. The van der Waals surface area contributed by atoms with Gasteiger partial charge in [-0.15, -0.1) is 0 Å². The molecule has 18 heavy (non-hydrogen) atoms. The zero-order chi connectivity index (χ0) is 13.2. The van der Waals surface area contributed by atoms with Crippen molar-refractivity contribution in [3.8, 4) is 0 Å². The smallest absolute Gasteiger partial charge is 0.233 e. The van der Waals surface area contributed by atoms with Crippen LogP contribution in [0.5, 0.6) is 0 Å². The van der Waals surface area contributed by atoms with Crippen molar-refractivity contribution in [1.82, 2.24) is 10.2 Å². The molecule has 2 atom stereocenters. The molecule has 0 aromatic heterocycles. The Kier molecular flexibility index (Phi) is 4.25. The largest absolute Gasteiger partial charge is 0.392 e. The molecule has 0 radical (unpaired) electrons. The molecule has 1 amide bonds. The number of piperidine rings is 1. The Morgan fingerprint density at radius 3 is 2.67 bits per heavy atom. The highest BCUT2D eigenvalue weighted by molar-refractivity contribution is 5.77. The number of likely N-dealkylation sites (N-methyl/N-ethyl adjacent to an activating group) is 1. The van der Waals surface area contributed by atoms with Gasteiger partial charge in [0, 0.05) is 25.5 Å². The number of aliphatic hydroxyl groups excluding tert-OH is 1. The predicted octanol–water partition coefficient (Wildman–Crippen LogP) is -0.0157. The van der Waals surface area contributed by atoms with Crippen LogP contribution < -0.4 is 5.32 Å². The van der Waals surface area contributed by atoms with Crippen LogP contribution in [0.15, 0.2) is 0 Å². The van der Waals surface area contributed by atoms with Crippen LogP contribution >= 0.6 is 0 Å². The molecule has 104 valence electrons. The first kappa shape index (κ1) is 13.8. The minimum Gasteiger partial charge on any atom is -0.392 e. The fraction of sp³-hybridized carbons (Fsp3) is 0.923. The summed E-state index contributed by atoms with van der Waals surface area (Å²) in [6.07, 6.45) is 2.60. The van der Waals surface area contributed by atoms with E-state index in [1.807, 2.05) is 6.92 Å². The van der Waals surface area contributed by atoms with Crippen LogP contribution in [0.3, 0.4) is 0 Å². The third kappa shape index (κ3) is 2.39. The predicted molar refractivity (Wildman–Crippen MR) is 68.2 cm³/mol. The normalized spacial score (nSPS) is 31.1. The van der Waals surface area contributed by atoms with Crippen molar-refractivity contribution in [2.45, 2.75) is 38.4 Å². The molecular weight excluding hydrogens is 232 g/mol. The summed E-state index contributed by atoms with van der Waals surface area (Å²) in [7, 11) is 1.66. The molecule has 1 aliphatic heterocycles. The highest BCUT2D eigenvalue weighted by Gasteiger charge is 2.55. The van der Waals surface area contributed by atoms with E-state index >= 15 is 0 Å². The van der Waals surface area contributed by atoms with Gasteiger partial charge in [-0.2, -0.15) is 0 Å². The van der Waals surface area contributed by atoms with Crippen LogP contribution in [0.25, 0.3) is 0 Å². The van der Waals surface area contributed by atoms with Crippen molar-refractivity contribution in [3.63, 3.8) is 0 Å². The number of carbonyl (C=O) groups excluding carboxylic acids is 1. The van der Waals surface area contributed by atoms with E-state index in [0.29, 0.717) is 13.2 Å². The first-order valence-electron chi connectivity index (χ1n) is 6.85. The molecule has 2 unspecified atom stereocenters. The molecule has 5 nitrogen and oxygen atoms in total. The molecule has 2 rings (SSSR count). The number of ether oxygens (including phenoxy) is 1. The van der Waals surface area contributed by atoms with Gasteiger partial charge in [0.2, 0.25) is 5.91 Å². The number of aliphatic hydroxyl groups is 1. The molecular formula is C13H24N2O3. The number of carbonyl (C=O) groups is 1. The van der Waals surface area contributed by atoms with Crippen LogP contribution in [-0.2, 0) is 9.53 Å². The average molecular weight is 256 g/mol. The summed E-state index contributed by atoms with van der Waals surface area (Å²) in [5, 5.41) is 12.7. The summed E-state index contributed by atoms with van der Waals surface area (Å²) in [5.41, 5.74) is -0.0464. The molecule has 5 heteroatoms. The van der Waals surface area contributed by atoms with Gasteiger partial charge >= 0.3 is 0 Å². The second-order valence-corrected chi connectivity index (χ2v) is 5.38. The van der Waals surface area contributed by atoms with Gasteiger partial charge in [-0.25, -0.2) is 0 Å². The van der Waals surface area contributed by atoms with E-state index in [0.717, 1.165) is 32.4 Å². The van der Waals surface area contributed by atoms with E-state index < -0.39 is 0 Å². The number of likely N-dealkylation sites (tertiary alicyclic amines) is 1. The van der Waals surface area contributed by atoms with Gasteiger partial charge < -0.3 is 15.2 Å². The van der Waals surface area contributed by atoms with E-state index in [-0.39, 0.29) is 23.5 Å². The first-order valence-corrected chi connectivity index (χ1v) is 6.85. The Morgan fingerprint density at radius 1 is 1.50 bits per heavy atom. The third-order valence-electron chi connectivity index (χ3n) is 4.54. The van der Waals surface area contributed by atoms with Crippen molar-refractivity contribution >= 4 is 5.91 Å². The molecule has 2 aliphatic rings. The summed E-state index contributed by atoms with van der Waals surface area (Å²) < 4.78 is 5.72. The number of rotatable bonds is 4. The molecule has 1 heterocycles. The monoisotopic (exact) mass is 256 g/mol. The molecule has 0 aromatic carbocycles. The molecule has 0 aromatic rings. The van der Waals surface area contributed by atoms with Gasteiger partial charge in [-0.3, -0.25) is 9.69 Å². The Labute approximate surface area is 108 Å². The zero-order valence-electron chi connectivity index (χ0n) is 11.3. The Bertz CT molecular complexity index is 299. The summed E-state index contributed by atoms with van der Waals surface area (Å²) >= 11 is 0.